The largest absolute Gasteiger partial charge is 0.394 e. The maximum Gasteiger partial charge on any atom is 0.100 e. The van der Waals surface area contributed by atoms with Gasteiger partial charge in [-0.3, -0.25) is 0 Å². The van der Waals surface area contributed by atoms with Crippen molar-refractivity contribution in [2.45, 2.75) is 104 Å². The second kappa shape index (κ2) is 29.7. The van der Waals surface area contributed by atoms with Gasteiger partial charge in [0.05, 0.1) is 26.4 Å². The molecule has 0 aliphatic carbocycles. The predicted molar refractivity (Wildman–Crippen MR) is 127 cm³/mol. The summed E-state index contributed by atoms with van der Waals surface area (Å²) in [6.45, 7) is 9.74. The third kappa shape index (κ3) is 40.6. The first kappa shape index (κ1) is 35.3. The predicted octanol–water partition coefficient (Wildman–Crippen LogP) is 2.88. The summed E-state index contributed by atoms with van der Waals surface area (Å²) in [5.74, 6) is 1.74. The molecule has 0 amide bonds. The Balaban J connectivity index is -0.000000532. The highest BCUT2D eigenvalue weighted by Gasteiger charge is 1.97. The van der Waals surface area contributed by atoms with E-state index in [1.807, 2.05) is 0 Å². The van der Waals surface area contributed by atoms with Gasteiger partial charge in [-0.25, -0.2) is 0 Å². The van der Waals surface area contributed by atoms with Crippen LogP contribution in [0.4, 0.5) is 0 Å². The quantitative estimate of drug-likeness (QED) is 0.176. The van der Waals surface area contributed by atoms with E-state index in [1.54, 1.807) is 0 Å². The molecule has 6 N–H and O–H groups in total. The van der Waals surface area contributed by atoms with Crippen molar-refractivity contribution >= 4 is 0 Å². The van der Waals surface area contributed by atoms with Crippen LogP contribution in [0.3, 0.4) is 0 Å². The molecule has 0 aromatic carbocycles. The van der Waals surface area contributed by atoms with Gasteiger partial charge in [0.1, 0.15) is 12.2 Å². The van der Waals surface area contributed by atoms with Gasteiger partial charge in [-0.15, -0.1) is 0 Å². The third-order valence-corrected chi connectivity index (χ3v) is 4.48. The Kier molecular flexibility index (Phi) is 33.9. The highest BCUT2D eigenvalue weighted by molar-refractivity contribution is 4.49. The molecule has 0 unspecified atom stereocenters. The molecule has 0 radical (unpaired) electrons. The first-order valence-corrected chi connectivity index (χ1v) is 12.1. The van der Waals surface area contributed by atoms with E-state index >= 15 is 0 Å². The van der Waals surface area contributed by atoms with Crippen LogP contribution in [0.2, 0.25) is 0 Å². The second-order valence-corrected chi connectivity index (χ2v) is 8.84. The van der Waals surface area contributed by atoms with E-state index in [2.05, 4.69) is 27.7 Å². The van der Waals surface area contributed by atoms with Crippen molar-refractivity contribution in [3.63, 3.8) is 0 Å². The van der Waals surface area contributed by atoms with Crippen LogP contribution in [0.25, 0.3) is 0 Å². The van der Waals surface area contributed by atoms with Crippen molar-refractivity contribution in [2.24, 2.45) is 11.8 Å². The fourth-order valence-corrected chi connectivity index (χ4v) is 2.44. The lowest BCUT2D eigenvalue weighted by Crippen LogP contribution is -2.15. The van der Waals surface area contributed by atoms with E-state index in [1.165, 1.54) is 64.2 Å². The van der Waals surface area contributed by atoms with Gasteiger partial charge in [-0.2, -0.15) is 0 Å². The zero-order chi connectivity index (χ0) is 24.3. The summed E-state index contributed by atoms with van der Waals surface area (Å²) >= 11 is 0. The van der Waals surface area contributed by atoms with Crippen molar-refractivity contribution in [2.75, 3.05) is 39.6 Å². The Morgan fingerprint density at radius 3 is 1.00 bits per heavy atom. The van der Waals surface area contributed by atoms with Gasteiger partial charge < -0.3 is 35.4 Å². The Labute approximate surface area is 191 Å². The van der Waals surface area contributed by atoms with E-state index in [-0.39, 0.29) is 26.4 Å². The molecule has 0 saturated carbocycles. The van der Waals surface area contributed by atoms with Gasteiger partial charge in [0.15, 0.2) is 0 Å². The fraction of sp³-hybridized carbons (Fsp3) is 1.00. The molecule has 192 valence electrons. The lowest BCUT2D eigenvalue weighted by molar-refractivity contribution is 0.0450. The van der Waals surface area contributed by atoms with Crippen molar-refractivity contribution in [3.05, 3.63) is 0 Å². The van der Waals surface area contributed by atoms with Gasteiger partial charge >= 0.3 is 0 Å². The van der Waals surface area contributed by atoms with Gasteiger partial charge in [0.2, 0.25) is 0 Å². The van der Waals surface area contributed by atoms with Gasteiger partial charge in [0.25, 0.3) is 0 Å². The number of ether oxygens (including phenoxy) is 1. The van der Waals surface area contributed by atoms with Crippen molar-refractivity contribution in [3.8, 4) is 0 Å². The molecule has 0 rings (SSSR count). The summed E-state index contributed by atoms with van der Waals surface area (Å²) in [6, 6.07) is 0. The molecule has 0 fully saturated rings. The topological polar surface area (TPSA) is 131 Å². The molecule has 0 saturated heterocycles. The van der Waals surface area contributed by atoms with Crippen LogP contribution in [-0.2, 0) is 4.74 Å². The molecular formula is C24H54O7. The van der Waals surface area contributed by atoms with E-state index in [9.17, 15) is 0 Å². The minimum Gasteiger partial charge on any atom is -0.394 e. The summed E-state index contributed by atoms with van der Waals surface area (Å²) in [5.41, 5.74) is 0. The van der Waals surface area contributed by atoms with E-state index in [0.717, 1.165) is 25.0 Å². The number of aliphatic hydroxyl groups excluding tert-OH is 6. The van der Waals surface area contributed by atoms with E-state index in [0.29, 0.717) is 0 Å². The summed E-state index contributed by atoms with van der Waals surface area (Å²) in [7, 11) is 0. The SMILES string of the molecule is CC(C)CCCCCCOCCCCCCC(C)C.OCC(O)CO.OCC(O)CO. The summed E-state index contributed by atoms with van der Waals surface area (Å²) in [5, 5.41) is 48.0. The highest BCUT2D eigenvalue weighted by Crippen LogP contribution is 2.10. The molecule has 31 heavy (non-hydrogen) atoms. The van der Waals surface area contributed by atoms with Crippen molar-refractivity contribution in [1.82, 2.24) is 0 Å². The average Bonchev–Trinajstić information content (AvgIpc) is 2.76. The molecule has 0 heterocycles. The Morgan fingerprint density at radius 1 is 0.484 bits per heavy atom. The molecule has 0 atom stereocenters. The third-order valence-electron chi connectivity index (χ3n) is 4.48. The minimum atomic E-state index is -0.954. The van der Waals surface area contributed by atoms with Gasteiger partial charge in [-0.1, -0.05) is 79.1 Å². The maximum atomic E-state index is 8.17. The molecule has 0 aromatic heterocycles. The number of hydrogen-bond donors (Lipinski definition) is 6. The van der Waals surface area contributed by atoms with E-state index in [4.69, 9.17) is 35.4 Å². The molecule has 0 spiro atoms. The van der Waals surface area contributed by atoms with Crippen molar-refractivity contribution in [1.29, 1.82) is 0 Å². The van der Waals surface area contributed by atoms with Crippen LogP contribution in [-0.4, -0.2) is 82.5 Å². The normalized spacial score (nSPS) is 11.0. The van der Waals surface area contributed by atoms with Crippen LogP contribution in [0.1, 0.15) is 91.9 Å². The summed E-state index contributed by atoms with van der Waals surface area (Å²) < 4.78 is 5.69. The first-order chi connectivity index (χ1) is 14.7. The average molecular weight is 455 g/mol. The molecule has 7 heteroatoms. The van der Waals surface area contributed by atoms with Crippen LogP contribution >= 0.6 is 0 Å². The Hall–Kier alpha value is -0.280. The maximum absolute atomic E-state index is 8.17. The van der Waals surface area contributed by atoms with Crippen molar-refractivity contribution < 1.29 is 35.4 Å². The summed E-state index contributed by atoms with van der Waals surface area (Å²) in [6.07, 6.45) is 11.6. The highest BCUT2D eigenvalue weighted by atomic mass is 16.5. The second-order valence-electron chi connectivity index (χ2n) is 8.84. The fourth-order valence-electron chi connectivity index (χ4n) is 2.44. The van der Waals surface area contributed by atoms with Crippen LogP contribution in [0, 0.1) is 11.8 Å². The lowest BCUT2D eigenvalue weighted by Gasteiger charge is -2.06. The molecule has 0 aliphatic rings. The number of aliphatic hydroxyl groups is 6. The standard InChI is InChI=1S/C18H38O.2C3H8O3/c1-17(2)13-9-5-7-11-15-19-16-12-8-6-10-14-18(3)4;2*4-1-3(6)2-5/h17-18H,5-16H2,1-4H3;2*3-6H,1-2H2. The monoisotopic (exact) mass is 454 g/mol. The molecule has 0 aromatic rings. The van der Waals surface area contributed by atoms with Crippen LogP contribution in [0.5, 0.6) is 0 Å². The summed E-state index contributed by atoms with van der Waals surface area (Å²) in [4.78, 5) is 0. The molecule has 0 aliphatic heterocycles. The smallest absolute Gasteiger partial charge is 0.100 e. The Bertz CT molecular complexity index is 266. The number of rotatable bonds is 18. The number of unbranched alkanes of at least 4 members (excludes halogenated alkanes) is 6. The van der Waals surface area contributed by atoms with E-state index < -0.39 is 12.2 Å². The first-order valence-electron chi connectivity index (χ1n) is 12.1. The van der Waals surface area contributed by atoms with Crippen LogP contribution < -0.4 is 0 Å². The number of hydrogen-bond acceptors (Lipinski definition) is 7. The zero-order valence-electron chi connectivity index (χ0n) is 20.7. The molecule has 7 nitrogen and oxygen atoms in total. The zero-order valence-corrected chi connectivity index (χ0v) is 20.7. The molecular weight excluding hydrogens is 400 g/mol. The minimum absolute atomic E-state index is 0.365. The van der Waals surface area contributed by atoms with Gasteiger partial charge in [0, 0.05) is 13.2 Å². The molecule has 0 bridgehead atoms. The Morgan fingerprint density at radius 2 is 0.774 bits per heavy atom. The van der Waals surface area contributed by atoms with Gasteiger partial charge in [-0.05, 0) is 24.7 Å². The lowest BCUT2D eigenvalue weighted by atomic mass is 10.0. The van der Waals surface area contributed by atoms with Crippen LogP contribution in [0.15, 0.2) is 0 Å².